The lowest BCUT2D eigenvalue weighted by atomic mass is 9.88. The van der Waals surface area contributed by atoms with Crippen LogP contribution in [-0.2, 0) is 10.2 Å². The van der Waals surface area contributed by atoms with Gasteiger partial charge in [-0.05, 0) is 59.7 Å². The fourth-order valence-corrected chi connectivity index (χ4v) is 5.36. The van der Waals surface area contributed by atoms with E-state index in [0.717, 1.165) is 24.3 Å². The molecule has 2 unspecified atom stereocenters. The molecule has 4 nitrogen and oxygen atoms in total. The summed E-state index contributed by atoms with van der Waals surface area (Å²) in [6.07, 6.45) is 0. The van der Waals surface area contributed by atoms with E-state index in [-0.39, 0.29) is 21.8 Å². The van der Waals surface area contributed by atoms with Crippen LogP contribution < -0.4 is 11.1 Å². The van der Waals surface area contributed by atoms with Gasteiger partial charge in [0.05, 0.1) is 10.6 Å². The van der Waals surface area contributed by atoms with Crippen molar-refractivity contribution in [2.45, 2.75) is 15.7 Å². The predicted molar refractivity (Wildman–Crippen MR) is 120 cm³/mol. The Labute approximate surface area is 205 Å². The summed E-state index contributed by atoms with van der Waals surface area (Å²) < 4.78 is 54.0. The van der Waals surface area contributed by atoms with Gasteiger partial charge in [0.15, 0.2) is 11.6 Å². The third kappa shape index (κ3) is 3.70. The minimum atomic E-state index is -1.99. The topological polar surface area (TPSA) is 72.2 Å². The lowest BCUT2D eigenvalue weighted by Gasteiger charge is -2.17. The maximum Gasteiger partial charge on any atom is 0.258 e. The van der Waals surface area contributed by atoms with Crippen molar-refractivity contribution in [3.63, 3.8) is 0 Å². The molecule has 0 aromatic heterocycles. The van der Waals surface area contributed by atoms with Gasteiger partial charge in [0.1, 0.15) is 21.4 Å². The summed E-state index contributed by atoms with van der Waals surface area (Å²) in [4.78, 5) is 25.3. The molecule has 2 atom stereocenters. The number of nitrogens with two attached hydrogens (primary N) is 1. The standard InChI is InChI=1S/C23H13Cl3F4N2O2/c24-15-7-10(1-6-16(15)28)19-22(21(31)34,23(19,25)26)11-8-14(18(30)17(29)9-11)20(33)32-13-4-2-12(27)3-5-13/h1-9,19H,(H2,31,34)(H,32,33). The van der Waals surface area contributed by atoms with E-state index in [1.54, 1.807) is 0 Å². The number of hydrogen-bond donors (Lipinski definition) is 2. The van der Waals surface area contributed by atoms with Crippen molar-refractivity contribution >= 4 is 52.3 Å². The summed E-state index contributed by atoms with van der Waals surface area (Å²) in [5.74, 6) is -7.55. The molecule has 0 radical (unpaired) electrons. The number of alkyl halides is 2. The minimum absolute atomic E-state index is 0.107. The molecule has 34 heavy (non-hydrogen) atoms. The molecule has 0 aliphatic heterocycles. The van der Waals surface area contributed by atoms with E-state index >= 15 is 0 Å². The Morgan fingerprint density at radius 3 is 2.15 bits per heavy atom. The Morgan fingerprint density at radius 2 is 1.56 bits per heavy atom. The summed E-state index contributed by atoms with van der Waals surface area (Å²) in [6.45, 7) is 0. The normalized spacial score (nSPS) is 20.6. The quantitative estimate of drug-likeness (QED) is 0.321. The van der Waals surface area contributed by atoms with Crippen LogP contribution in [0.2, 0.25) is 5.02 Å². The molecule has 0 bridgehead atoms. The number of hydrogen-bond acceptors (Lipinski definition) is 2. The summed E-state index contributed by atoms with van der Waals surface area (Å²) in [7, 11) is 0. The fourth-order valence-electron chi connectivity index (χ4n) is 4.08. The second kappa shape index (κ2) is 8.45. The first kappa shape index (κ1) is 24.3. The highest BCUT2D eigenvalue weighted by molar-refractivity contribution is 6.55. The third-order valence-electron chi connectivity index (χ3n) is 5.73. The van der Waals surface area contributed by atoms with Crippen molar-refractivity contribution in [1.82, 2.24) is 0 Å². The average Bonchev–Trinajstić information content (AvgIpc) is 3.30. The van der Waals surface area contributed by atoms with Gasteiger partial charge in [-0.1, -0.05) is 40.9 Å². The van der Waals surface area contributed by atoms with E-state index in [0.29, 0.717) is 6.07 Å². The number of anilines is 1. The zero-order valence-corrected chi connectivity index (χ0v) is 19.1. The van der Waals surface area contributed by atoms with E-state index in [1.165, 1.54) is 24.3 Å². The molecule has 2 amide bonds. The molecule has 1 fully saturated rings. The van der Waals surface area contributed by atoms with Crippen LogP contribution in [0.4, 0.5) is 23.2 Å². The first-order valence-electron chi connectivity index (χ1n) is 9.60. The summed E-state index contributed by atoms with van der Waals surface area (Å²) in [5.41, 5.74) is 2.92. The van der Waals surface area contributed by atoms with Gasteiger partial charge in [-0.2, -0.15) is 0 Å². The van der Waals surface area contributed by atoms with Gasteiger partial charge in [0.25, 0.3) is 5.91 Å². The first-order valence-corrected chi connectivity index (χ1v) is 10.7. The van der Waals surface area contributed by atoms with Crippen LogP contribution >= 0.6 is 34.8 Å². The molecule has 3 aromatic carbocycles. The molecule has 1 saturated carbocycles. The van der Waals surface area contributed by atoms with E-state index in [2.05, 4.69) is 5.32 Å². The number of carbonyl (C=O) groups excluding carboxylic acids is 2. The number of rotatable bonds is 5. The fraction of sp³-hybridized carbons (Fsp3) is 0.130. The number of benzene rings is 3. The summed E-state index contributed by atoms with van der Waals surface area (Å²) in [6, 6.07) is 9.62. The lowest BCUT2D eigenvalue weighted by Crippen LogP contribution is -2.34. The van der Waals surface area contributed by atoms with Gasteiger partial charge >= 0.3 is 0 Å². The second-order valence-electron chi connectivity index (χ2n) is 7.68. The van der Waals surface area contributed by atoms with Gasteiger partial charge in [0.2, 0.25) is 5.91 Å². The number of primary amides is 1. The van der Waals surface area contributed by atoms with Crippen LogP contribution in [0.25, 0.3) is 0 Å². The number of nitrogens with one attached hydrogen (secondary N) is 1. The molecule has 176 valence electrons. The maximum absolute atomic E-state index is 14.6. The second-order valence-corrected chi connectivity index (χ2v) is 9.48. The van der Waals surface area contributed by atoms with Crippen LogP contribution in [0.3, 0.4) is 0 Å². The minimum Gasteiger partial charge on any atom is -0.369 e. The van der Waals surface area contributed by atoms with Crippen LogP contribution in [0, 0.1) is 23.3 Å². The van der Waals surface area contributed by atoms with Crippen molar-refractivity contribution in [3.8, 4) is 0 Å². The number of amides is 2. The van der Waals surface area contributed by atoms with E-state index in [4.69, 9.17) is 40.5 Å². The molecular formula is C23H13Cl3F4N2O2. The lowest BCUT2D eigenvalue weighted by molar-refractivity contribution is -0.120. The zero-order valence-electron chi connectivity index (χ0n) is 16.8. The monoisotopic (exact) mass is 530 g/mol. The van der Waals surface area contributed by atoms with Gasteiger partial charge in [-0.15, -0.1) is 0 Å². The predicted octanol–water partition coefficient (Wildman–Crippen LogP) is 5.84. The van der Waals surface area contributed by atoms with Gasteiger partial charge in [-0.3, -0.25) is 9.59 Å². The number of carbonyl (C=O) groups is 2. The molecule has 4 rings (SSSR count). The number of halogens is 7. The first-order chi connectivity index (χ1) is 15.9. The molecule has 1 aliphatic carbocycles. The highest BCUT2D eigenvalue weighted by Gasteiger charge is 2.81. The van der Waals surface area contributed by atoms with Crippen LogP contribution in [-0.4, -0.2) is 16.1 Å². The molecule has 0 saturated heterocycles. The van der Waals surface area contributed by atoms with Crippen molar-refractivity contribution in [3.05, 3.63) is 99.6 Å². The van der Waals surface area contributed by atoms with Gasteiger partial charge < -0.3 is 11.1 Å². The average molecular weight is 532 g/mol. The summed E-state index contributed by atoms with van der Waals surface area (Å²) in [5, 5.41) is 2.02. The third-order valence-corrected chi connectivity index (χ3v) is 7.06. The van der Waals surface area contributed by atoms with Gasteiger partial charge in [0, 0.05) is 11.6 Å². The smallest absolute Gasteiger partial charge is 0.258 e. The van der Waals surface area contributed by atoms with Crippen LogP contribution in [0.1, 0.15) is 27.4 Å². The Balaban J connectivity index is 1.81. The van der Waals surface area contributed by atoms with Crippen molar-refractivity contribution in [2.75, 3.05) is 5.32 Å². The zero-order chi connectivity index (χ0) is 25.0. The highest BCUT2D eigenvalue weighted by atomic mass is 35.5. The van der Waals surface area contributed by atoms with E-state index in [1.807, 2.05) is 0 Å². The molecule has 0 spiro atoms. The Morgan fingerprint density at radius 1 is 0.912 bits per heavy atom. The molecule has 11 heteroatoms. The van der Waals surface area contributed by atoms with E-state index < -0.39 is 56.3 Å². The van der Waals surface area contributed by atoms with Crippen LogP contribution in [0.15, 0.2) is 54.6 Å². The maximum atomic E-state index is 14.6. The molecule has 3 aromatic rings. The van der Waals surface area contributed by atoms with E-state index in [9.17, 15) is 27.2 Å². The SMILES string of the molecule is NC(=O)C1(c2cc(F)c(F)c(C(=O)Nc3ccc(F)cc3)c2)C(c2ccc(F)c(Cl)c2)C1(Cl)Cl. The Kier molecular flexibility index (Phi) is 6.04. The molecular weight excluding hydrogens is 519 g/mol. The summed E-state index contributed by atoms with van der Waals surface area (Å²) >= 11 is 18.7. The molecule has 1 aliphatic rings. The Hall–Kier alpha value is -2.81. The Bertz CT molecular complexity index is 1330. The van der Waals surface area contributed by atoms with Crippen molar-refractivity contribution < 1.29 is 27.2 Å². The van der Waals surface area contributed by atoms with Crippen LogP contribution in [0.5, 0.6) is 0 Å². The highest BCUT2D eigenvalue weighted by Crippen LogP contribution is 2.74. The van der Waals surface area contributed by atoms with Crippen molar-refractivity contribution in [2.24, 2.45) is 5.73 Å². The van der Waals surface area contributed by atoms with Gasteiger partial charge in [-0.25, -0.2) is 17.6 Å². The molecule has 3 N–H and O–H groups in total. The van der Waals surface area contributed by atoms with Crippen molar-refractivity contribution in [1.29, 1.82) is 0 Å². The largest absolute Gasteiger partial charge is 0.369 e. The molecule has 0 heterocycles.